The van der Waals surface area contributed by atoms with Gasteiger partial charge in [-0.15, -0.1) is 23.1 Å². The quantitative estimate of drug-likeness (QED) is 0.159. The van der Waals surface area contributed by atoms with Crippen LogP contribution in [0.15, 0.2) is 94.9 Å². The first-order chi connectivity index (χ1) is 17.8. The smallest absolute Gasteiger partial charge is 0.180 e. The molecule has 3 heterocycles. The Morgan fingerprint density at radius 2 is 2.03 bits per heavy atom. The van der Waals surface area contributed by atoms with Gasteiger partial charge >= 0.3 is 0 Å². The van der Waals surface area contributed by atoms with Crippen molar-refractivity contribution in [2.75, 3.05) is 24.6 Å². The van der Waals surface area contributed by atoms with Crippen LogP contribution >= 0.6 is 23.1 Å². The molecule has 0 bridgehead atoms. The van der Waals surface area contributed by atoms with Gasteiger partial charge < -0.3 is 21.3 Å². The fourth-order valence-corrected chi connectivity index (χ4v) is 6.05. The predicted molar refractivity (Wildman–Crippen MR) is 167 cm³/mol. The molecule has 38 heavy (non-hydrogen) atoms. The maximum absolute atomic E-state index is 7.02. The summed E-state index contributed by atoms with van der Waals surface area (Å²) in [4.78, 5) is 10.8. The second-order valence-electron chi connectivity index (χ2n) is 10.3. The summed E-state index contributed by atoms with van der Waals surface area (Å²) >= 11 is 3.05. The molecule has 3 rings (SSSR count). The lowest BCUT2D eigenvalue weighted by atomic mass is 9.86. The molecular weight excluding hydrogens is 511 g/mol. The molecule has 0 aliphatic carbocycles. The minimum atomic E-state index is -0.734. The molecule has 6 N–H and O–H groups in total. The van der Waals surface area contributed by atoms with Gasteiger partial charge in [0.1, 0.15) is 17.4 Å². The van der Waals surface area contributed by atoms with E-state index in [0.717, 1.165) is 28.3 Å². The van der Waals surface area contributed by atoms with E-state index in [1.165, 1.54) is 16.9 Å². The van der Waals surface area contributed by atoms with Crippen LogP contribution in [0.5, 0.6) is 0 Å². The highest BCUT2D eigenvalue weighted by molar-refractivity contribution is 8.00. The van der Waals surface area contributed by atoms with Gasteiger partial charge in [0.05, 0.1) is 5.70 Å². The molecule has 7 nitrogen and oxygen atoms in total. The van der Waals surface area contributed by atoms with Crippen LogP contribution in [-0.2, 0) is 0 Å². The number of nitrogen functional groups attached to an aromatic ring is 1. The zero-order valence-electron chi connectivity index (χ0n) is 23.2. The number of thiazole rings is 1. The molecule has 0 amide bonds. The molecule has 2 aliphatic heterocycles. The van der Waals surface area contributed by atoms with Crippen LogP contribution in [0, 0.1) is 5.41 Å². The van der Waals surface area contributed by atoms with E-state index in [1.54, 1.807) is 11.8 Å². The lowest BCUT2D eigenvalue weighted by molar-refractivity contribution is 0.127. The van der Waals surface area contributed by atoms with Gasteiger partial charge in [0.15, 0.2) is 10.1 Å². The van der Waals surface area contributed by atoms with Crippen LogP contribution < -0.4 is 22.1 Å². The summed E-state index contributed by atoms with van der Waals surface area (Å²) in [5.41, 5.74) is 19.9. The SMILES string of the molecule is C=C(C)C1=C(CN/C=C\C=C/C)CSC2(N)[C@H](NC(=C)/C(=N\CC(C)(C)C(=C)C)c3csc(N)n3)C(=C)N12. The van der Waals surface area contributed by atoms with Crippen molar-refractivity contribution in [3.05, 3.63) is 95.6 Å². The molecule has 1 aromatic rings. The van der Waals surface area contributed by atoms with E-state index in [-0.39, 0.29) is 11.5 Å². The first-order valence-electron chi connectivity index (χ1n) is 12.5. The van der Waals surface area contributed by atoms with E-state index >= 15 is 0 Å². The van der Waals surface area contributed by atoms with E-state index in [0.29, 0.717) is 35.3 Å². The molecule has 0 radical (unpaired) electrons. The van der Waals surface area contributed by atoms with Gasteiger partial charge in [-0.3, -0.25) is 10.7 Å². The van der Waals surface area contributed by atoms with Gasteiger partial charge in [-0.05, 0) is 44.2 Å². The molecular formula is C29H41N7S2. The molecule has 2 atom stereocenters. The zero-order valence-corrected chi connectivity index (χ0v) is 24.9. The fraction of sp³-hybridized carbons (Fsp3) is 0.379. The lowest BCUT2D eigenvalue weighted by Gasteiger charge is -2.61. The maximum atomic E-state index is 7.02. The Bertz CT molecular complexity index is 1250. The number of aromatic nitrogens is 1. The monoisotopic (exact) mass is 551 g/mol. The van der Waals surface area contributed by atoms with Crippen molar-refractivity contribution in [1.29, 1.82) is 0 Å². The Kier molecular flexibility index (Phi) is 9.17. The molecule has 1 aromatic heterocycles. The number of hydrogen-bond donors (Lipinski definition) is 4. The first-order valence-corrected chi connectivity index (χ1v) is 14.4. The van der Waals surface area contributed by atoms with E-state index in [1.807, 2.05) is 50.6 Å². The molecule has 0 aromatic carbocycles. The number of thioether (sulfide) groups is 1. The predicted octanol–water partition coefficient (Wildman–Crippen LogP) is 5.29. The number of fused-ring (bicyclic) bond motifs is 1. The molecule has 0 spiro atoms. The average molecular weight is 552 g/mol. The van der Waals surface area contributed by atoms with Gasteiger partial charge in [0, 0.05) is 41.0 Å². The molecule has 1 saturated heterocycles. The third-order valence-corrected chi connectivity index (χ3v) is 8.86. The lowest BCUT2D eigenvalue weighted by Crippen LogP contribution is -2.76. The summed E-state index contributed by atoms with van der Waals surface area (Å²) < 4.78 is 0. The Morgan fingerprint density at radius 3 is 2.61 bits per heavy atom. The van der Waals surface area contributed by atoms with Gasteiger partial charge in [-0.1, -0.05) is 57.9 Å². The molecule has 2 aliphatic rings. The number of nitrogens with two attached hydrogens (primary N) is 2. The molecule has 1 unspecified atom stereocenters. The van der Waals surface area contributed by atoms with Crippen molar-refractivity contribution in [2.45, 2.75) is 45.7 Å². The highest BCUT2D eigenvalue weighted by Gasteiger charge is 2.58. The number of allylic oxidation sites excluding steroid dienone is 5. The Balaban J connectivity index is 1.84. The van der Waals surface area contributed by atoms with Crippen molar-refractivity contribution < 1.29 is 0 Å². The van der Waals surface area contributed by atoms with Crippen molar-refractivity contribution in [3.63, 3.8) is 0 Å². The Morgan fingerprint density at radius 1 is 1.32 bits per heavy atom. The van der Waals surface area contributed by atoms with Crippen LogP contribution in [0.1, 0.15) is 40.3 Å². The summed E-state index contributed by atoms with van der Waals surface area (Å²) in [6.45, 7) is 28.6. The molecule has 9 heteroatoms. The second kappa shape index (κ2) is 11.8. The summed E-state index contributed by atoms with van der Waals surface area (Å²) in [6, 6.07) is -0.242. The van der Waals surface area contributed by atoms with Crippen LogP contribution in [0.3, 0.4) is 0 Å². The number of nitrogens with one attached hydrogen (secondary N) is 2. The number of hydrogen-bond acceptors (Lipinski definition) is 9. The van der Waals surface area contributed by atoms with Gasteiger partial charge in [-0.2, -0.15) is 0 Å². The van der Waals surface area contributed by atoms with Crippen molar-refractivity contribution >= 4 is 33.9 Å². The maximum Gasteiger partial charge on any atom is 0.180 e. The topological polar surface area (TPSA) is 105 Å². The average Bonchev–Trinajstić information content (AvgIpc) is 3.28. The van der Waals surface area contributed by atoms with E-state index in [2.05, 4.69) is 60.7 Å². The zero-order chi connectivity index (χ0) is 28.3. The normalized spacial score (nSPS) is 22.1. The van der Waals surface area contributed by atoms with Crippen LogP contribution in [0.2, 0.25) is 0 Å². The summed E-state index contributed by atoms with van der Waals surface area (Å²) in [5.74, 6) is 0.772. The molecule has 204 valence electrons. The summed E-state index contributed by atoms with van der Waals surface area (Å²) in [5, 5.41) is 9.27. The Hall–Kier alpha value is -3.01. The van der Waals surface area contributed by atoms with Gasteiger partial charge in [-0.25, -0.2) is 4.98 Å². The van der Waals surface area contributed by atoms with Gasteiger partial charge in [0.25, 0.3) is 0 Å². The van der Waals surface area contributed by atoms with Crippen molar-refractivity contribution in [3.8, 4) is 0 Å². The standard InChI is InChI=1S/C29H41N7S2/c1-10-11-12-13-32-14-22-15-38-29(31)26(21(7)36(29)25(22)18(2)3)34-20(6)24(23-16-37-27(30)35-23)33-17-28(8,9)19(4)5/h10-13,16,26,32,34H,2,4,6-7,14-15,17,31H2,1,3,5,8-9H3,(H2,30,35)/b11-10-,13-12-,33-24+/t26-,29?/m1/s1. The largest absolute Gasteiger partial charge is 0.387 e. The van der Waals surface area contributed by atoms with Gasteiger partial charge in [0.2, 0.25) is 0 Å². The van der Waals surface area contributed by atoms with Crippen LogP contribution in [-0.4, -0.2) is 45.5 Å². The number of anilines is 1. The number of aliphatic imine (C=N–C) groups is 1. The van der Waals surface area contributed by atoms with E-state index in [9.17, 15) is 0 Å². The Labute approximate surface area is 235 Å². The fourth-order valence-electron chi connectivity index (χ4n) is 4.16. The highest BCUT2D eigenvalue weighted by Crippen LogP contribution is 2.52. The molecule has 0 saturated carbocycles. The van der Waals surface area contributed by atoms with E-state index < -0.39 is 4.99 Å². The second-order valence-corrected chi connectivity index (χ2v) is 12.4. The van der Waals surface area contributed by atoms with E-state index in [4.69, 9.17) is 16.5 Å². The van der Waals surface area contributed by atoms with Crippen molar-refractivity contribution in [1.82, 2.24) is 20.5 Å². The minimum Gasteiger partial charge on any atom is -0.387 e. The van der Waals surface area contributed by atoms with Crippen LogP contribution in [0.4, 0.5) is 5.13 Å². The van der Waals surface area contributed by atoms with Crippen LogP contribution in [0.25, 0.3) is 0 Å². The minimum absolute atomic E-state index is 0.175. The van der Waals surface area contributed by atoms with Crippen molar-refractivity contribution in [2.24, 2.45) is 16.1 Å². The summed E-state index contributed by atoms with van der Waals surface area (Å²) in [6.07, 6.45) is 7.89. The third-order valence-electron chi connectivity index (χ3n) is 6.81. The molecule has 1 fully saturated rings. The number of nitrogens with zero attached hydrogens (tertiary/aromatic N) is 3. The number of rotatable bonds is 12. The third kappa shape index (κ3) is 6.00. The summed E-state index contributed by atoms with van der Waals surface area (Å²) in [7, 11) is 0. The first kappa shape index (κ1) is 29.5. The highest BCUT2D eigenvalue weighted by atomic mass is 32.2.